The Bertz CT molecular complexity index is 1050. The van der Waals surface area contributed by atoms with Gasteiger partial charge in [0.25, 0.3) is 0 Å². The molecule has 0 atom stereocenters. The number of nitrogens with zero attached hydrogens (tertiary/aromatic N) is 3. The van der Waals surface area contributed by atoms with Crippen LogP contribution in [0.3, 0.4) is 0 Å². The van der Waals surface area contributed by atoms with Gasteiger partial charge in [-0.05, 0) is 30.3 Å². The van der Waals surface area contributed by atoms with Gasteiger partial charge >= 0.3 is 5.97 Å². The van der Waals surface area contributed by atoms with Crippen LogP contribution in [0.4, 0.5) is 0 Å². The average Bonchev–Trinajstić information content (AvgIpc) is 3.16. The highest BCUT2D eigenvalue weighted by molar-refractivity contribution is 7.89. The molecule has 0 amide bonds. The Balaban J connectivity index is 1.80. The van der Waals surface area contributed by atoms with Crippen molar-refractivity contribution in [2.24, 2.45) is 0 Å². The highest BCUT2D eigenvalue weighted by atomic mass is 32.2. The third-order valence-electron chi connectivity index (χ3n) is 4.03. The first-order valence-corrected chi connectivity index (χ1v) is 9.59. The summed E-state index contributed by atoms with van der Waals surface area (Å²) in [6, 6.07) is 15.3. The smallest absolute Gasteiger partial charge is 0.337 e. The summed E-state index contributed by atoms with van der Waals surface area (Å²) in [5.74, 6) is -0.584. The molecule has 0 bridgehead atoms. The van der Waals surface area contributed by atoms with Crippen molar-refractivity contribution in [1.82, 2.24) is 14.1 Å². The van der Waals surface area contributed by atoms with Crippen LogP contribution in [0.1, 0.15) is 15.9 Å². The minimum atomic E-state index is -3.77. The van der Waals surface area contributed by atoms with E-state index >= 15 is 0 Å². The number of benzene rings is 2. The molecule has 3 aromatic rings. The van der Waals surface area contributed by atoms with Gasteiger partial charge in [0, 0.05) is 25.4 Å². The molecule has 0 saturated heterocycles. The zero-order valence-corrected chi connectivity index (χ0v) is 15.8. The zero-order chi connectivity index (χ0) is 19.4. The number of carbonyl (C=O) groups excluding carboxylic acids is 1. The van der Waals surface area contributed by atoms with Crippen molar-refractivity contribution in [3.8, 4) is 5.69 Å². The van der Waals surface area contributed by atoms with E-state index in [9.17, 15) is 13.2 Å². The summed E-state index contributed by atoms with van der Waals surface area (Å²) >= 11 is 0. The first-order valence-electron chi connectivity index (χ1n) is 8.15. The molecule has 0 aliphatic rings. The largest absolute Gasteiger partial charge is 0.465 e. The maximum absolute atomic E-state index is 12.8. The topological polar surface area (TPSA) is 81.5 Å². The number of para-hydroxylation sites is 1. The quantitative estimate of drug-likeness (QED) is 0.609. The van der Waals surface area contributed by atoms with E-state index in [4.69, 9.17) is 0 Å². The molecule has 0 radical (unpaired) electrons. The number of methoxy groups -OCH3 is 1. The molecule has 2 aromatic carbocycles. The summed E-state index contributed by atoms with van der Waals surface area (Å²) in [6.07, 6.45) is 3.41. The molecule has 140 valence electrons. The molecule has 8 heteroatoms. The number of aromatic nitrogens is 2. The fourth-order valence-corrected chi connectivity index (χ4v) is 3.79. The van der Waals surface area contributed by atoms with E-state index in [1.165, 1.54) is 42.7 Å². The number of carbonyl (C=O) groups is 1. The van der Waals surface area contributed by atoms with E-state index < -0.39 is 16.0 Å². The summed E-state index contributed by atoms with van der Waals surface area (Å²) in [5.41, 5.74) is 1.82. The fourth-order valence-electron chi connectivity index (χ4n) is 2.59. The van der Waals surface area contributed by atoms with Crippen molar-refractivity contribution >= 4 is 16.0 Å². The van der Waals surface area contributed by atoms with Gasteiger partial charge in [-0.1, -0.05) is 24.3 Å². The van der Waals surface area contributed by atoms with E-state index in [0.29, 0.717) is 0 Å². The van der Waals surface area contributed by atoms with Crippen molar-refractivity contribution in [2.45, 2.75) is 11.4 Å². The van der Waals surface area contributed by atoms with Crippen LogP contribution in [0.15, 0.2) is 71.9 Å². The zero-order valence-electron chi connectivity index (χ0n) is 14.9. The summed E-state index contributed by atoms with van der Waals surface area (Å²) < 4.78 is 33.2. The van der Waals surface area contributed by atoms with E-state index in [1.54, 1.807) is 17.1 Å². The Kier molecular flexibility index (Phi) is 5.38. The third-order valence-corrected chi connectivity index (χ3v) is 5.82. The predicted octanol–water partition coefficient (Wildman–Crippen LogP) is 2.48. The van der Waals surface area contributed by atoms with Gasteiger partial charge in [-0.15, -0.1) is 0 Å². The van der Waals surface area contributed by atoms with Crippen molar-refractivity contribution < 1.29 is 17.9 Å². The Hall–Kier alpha value is -2.97. The molecule has 27 heavy (non-hydrogen) atoms. The Morgan fingerprint density at radius 3 is 2.59 bits per heavy atom. The highest BCUT2D eigenvalue weighted by Crippen LogP contribution is 2.19. The van der Waals surface area contributed by atoms with Crippen molar-refractivity contribution in [3.05, 3.63) is 78.1 Å². The van der Waals surface area contributed by atoms with E-state index in [2.05, 4.69) is 9.84 Å². The van der Waals surface area contributed by atoms with Crippen LogP contribution in [-0.4, -0.2) is 42.6 Å². The lowest BCUT2D eigenvalue weighted by molar-refractivity contribution is 0.0600. The molecule has 7 nitrogen and oxygen atoms in total. The molecule has 1 aromatic heterocycles. The van der Waals surface area contributed by atoms with E-state index in [0.717, 1.165) is 11.3 Å². The van der Waals surface area contributed by atoms with Gasteiger partial charge in [0.1, 0.15) is 0 Å². The SMILES string of the molecule is COC(=O)c1cccc(S(=O)(=O)N(C)Cc2cnn(-c3ccccc3)c2)c1. The second-order valence-corrected chi connectivity index (χ2v) is 7.95. The molecule has 1 heterocycles. The van der Waals surface area contributed by atoms with Crippen molar-refractivity contribution in [2.75, 3.05) is 14.2 Å². The van der Waals surface area contributed by atoms with Crippen LogP contribution in [0.2, 0.25) is 0 Å². The average molecular weight is 385 g/mol. The van der Waals surface area contributed by atoms with Crippen molar-refractivity contribution in [3.63, 3.8) is 0 Å². The standard InChI is InChI=1S/C19H19N3O4S/c1-21(13-15-12-20-22(14-15)17-8-4-3-5-9-17)27(24,25)18-10-6-7-16(11-18)19(23)26-2/h3-12,14H,13H2,1-2H3. The number of rotatable bonds is 6. The predicted molar refractivity (Wildman–Crippen MR) is 100.0 cm³/mol. The first-order chi connectivity index (χ1) is 12.9. The Morgan fingerprint density at radius 2 is 1.89 bits per heavy atom. The summed E-state index contributed by atoms with van der Waals surface area (Å²) in [5, 5.41) is 4.28. The van der Waals surface area contributed by atoms with Gasteiger partial charge in [-0.25, -0.2) is 17.9 Å². The number of ether oxygens (including phenoxy) is 1. The number of hydrogen-bond donors (Lipinski definition) is 0. The number of esters is 1. The normalized spacial score (nSPS) is 11.5. The molecule has 0 aliphatic heterocycles. The third kappa shape index (κ3) is 4.07. The van der Waals surface area contributed by atoms with Crippen LogP contribution in [-0.2, 0) is 21.3 Å². The van der Waals surface area contributed by atoms with Crippen molar-refractivity contribution in [1.29, 1.82) is 0 Å². The lowest BCUT2D eigenvalue weighted by Crippen LogP contribution is -2.26. The van der Waals surface area contributed by atoms with Gasteiger partial charge in [-0.2, -0.15) is 9.40 Å². The molecule has 0 aliphatic carbocycles. The van der Waals surface area contributed by atoms with Gasteiger partial charge in [0.05, 0.1) is 29.5 Å². The lowest BCUT2D eigenvalue weighted by atomic mass is 10.2. The molecule has 0 fully saturated rings. The van der Waals surface area contributed by atoms with Crippen LogP contribution in [0.5, 0.6) is 0 Å². The van der Waals surface area contributed by atoms with Crippen LogP contribution in [0.25, 0.3) is 5.69 Å². The Morgan fingerprint density at radius 1 is 1.15 bits per heavy atom. The second kappa shape index (κ2) is 7.73. The first kappa shape index (κ1) is 18.8. The van der Waals surface area contributed by atoms with Gasteiger partial charge in [-0.3, -0.25) is 0 Å². The van der Waals surface area contributed by atoms with Crippen LogP contribution >= 0.6 is 0 Å². The molecule has 0 N–H and O–H groups in total. The molecule has 3 rings (SSSR count). The monoisotopic (exact) mass is 385 g/mol. The summed E-state index contributed by atoms with van der Waals surface area (Å²) in [4.78, 5) is 11.7. The summed E-state index contributed by atoms with van der Waals surface area (Å²) in [6.45, 7) is 0.150. The van der Waals surface area contributed by atoms with E-state index in [1.807, 2.05) is 30.3 Å². The number of sulfonamides is 1. The Labute approximate surface area is 157 Å². The molecule has 0 spiro atoms. The summed E-state index contributed by atoms with van der Waals surface area (Å²) in [7, 11) is -1.03. The van der Waals surface area contributed by atoms with Gasteiger partial charge in [0.15, 0.2) is 0 Å². The molecular weight excluding hydrogens is 366 g/mol. The lowest BCUT2D eigenvalue weighted by Gasteiger charge is -2.16. The number of hydrogen-bond acceptors (Lipinski definition) is 5. The van der Waals surface area contributed by atoms with Crippen LogP contribution in [0, 0.1) is 0 Å². The maximum Gasteiger partial charge on any atom is 0.337 e. The second-order valence-electron chi connectivity index (χ2n) is 5.91. The molecule has 0 saturated carbocycles. The molecular formula is C19H19N3O4S. The minimum absolute atomic E-state index is 0.0309. The maximum atomic E-state index is 12.8. The van der Waals surface area contributed by atoms with E-state index in [-0.39, 0.29) is 17.0 Å². The van der Waals surface area contributed by atoms with Crippen LogP contribution < -0.4 is 0 Å². The molecule has 0 unspecified atom stereocenters. The van der Waals surface area contributed by atoms with Gasteiger partial charge in [0.2, 0.25) is 10.0 Å². The minimum Gasteiger partial charge on any atom is -0.465 e. The highest BCUT2D eigenvalue weighted by Gasteiger charge is 2.22. The fraction of sp³-hybridized carbons (Fsp3) is 0.158. The van der Waals surface area contributed by atoms with Gasteiger partial charge < -0.3 is 4.74 Å².